The van der Waals surface area contributed by atoms with E-state index in [4.69, 9.17) is 21.9 Å². The van der Waals surface area contributed by atoms with Crippen LogP contribution >= 0.6 is 51.9 Å². The van der Waals surface area contributed by atoms with E-state index in [0.29, 0.717) is 5.05 Å². The fourth-order valence-corrected chi connectivity index (χ4v) is 5.05. The van der Waals surface area contributed by atoms with E-state index in [1.807, 2.05) is 12.1 Å². The second-order valence-corrected chi connectivity index (χ2v) is 8.99. The molecule has 0 unspecified atom stereocenters. The first kappa shape index (κ1) is 22.6. The largest absolute Gasteiger partial charge is 0.486 e. The average molecular weight is 518 g/mol. The molecule has 30 heavy (non-hydrogen) atoms. The molecule has 7 heteroatoms. The molecule has 0 bridgehead atoms. The zero-order chi connectivity index (χ0) is 20.2. The molecule has 1 N–H and O–H groups in total. The van der Waals surface area contributed by atoms with Gasteiger partial charge in [0.1, 0.15) is 0 Å². The summed E-state index contributed by atoms with van der Waals surface area (Å²) in [6.45, 7) is 2.09. The number of thiocarbonyl (C=S) groups is 1. The number of nitrogens with one attached hydrogen (secondary N) is 1. The van der Waals surface area contributed by atoms with Crippen LogP contribution in [-0.2, 0) is 4.74 Å². The number of anilines is 1. The molecular weight excluding hydrogens is 496 g/mol. The van der Waals surface area contributed by atoms with Crippen LogP contribution in [0.15, 0.2) is 72.1 Å². The van der Waals surface area contributed by atoms with Gasteiger partial charge in [-0.25, -0.2) is 4.98 Å². The zero-order valence-electron chi connectivity index (χ0n) is 16.5. The van der Waals surface area contributed by atoms with Gasteiger partial charge in [0.15, 0.2) is 5.13 Å². The van der Waals surface area contributed by atoms with Crippen molar-refractivity contribution in [3.8, 4) is 11.3 Å². The predicted molar refractivity (Wildman–Crippen MR) is 138 cm³/mol. The highest BCUT2D eigenvalue weighted by Crippen LogP contribution is 2.35. The van der Waals surface area contributed by atoms with Crippen LogP contribution in [0.25, 0.3) is 11.3 Å². The molecule has 0 amide bonds. The van der Waals surface area contributed by atoms with Crippen molar-refractivity contribution >= 4 is 62.1 Å². The Morgan fingerprint density at radius 1 is 1.03 bits per heavy atom. The van der Waals surface area contributed by atoms with Crippen LogP contribution in [0, 0.1) is 6.92 Å². The van der Waals surface area contributed by atoms with Crippen molar-refractivity contribution in [1.82, 2.24) is 4.98 Å². The van der Waals surface area contributed by atoms with Crippen LogP contribution in [0.1, 0.15) is 26.9 Å². The smallest absolute Gasteiger partial charge is 0.201 e. The fourth-order valence-electron chi connectivity index (χ4n) is 3.17. The Kier molecular flexibility index (Phi) is 7.77. The van der Waals surface area contributed by atoms with Gasteiger partial charge in [0.25, 0.3) is 0 Å². The van der Waals surface area contributed by atoms with E-state index in [0.717, 1.165) is 21.3 Å². The molecule has 0 saturated heterocycles. The number of rotatable bonds is 6. The third-order valence-electron chi connectivity index (χ3n) is 4.62. The van der Waals surface area contributed by atoms with Crippen LogP contribution in [0.4, 0.5) is 5.13 Å². The molecule has 0 aliphatic carbocycles. The van der Waals surface area contributed by atoms with Gasteiger partial charge in [0.05, 0.1) is 23.7 Å². The van der Waals surface area contributed by atoms with Crippen molar-refractivity contribution in [3.05, 3.63) is 93.0 Å². The number of nitrogens with zero attached hydrogens (tertiary/aromatic N) is 1. The van der Waals surface area contributed by atoms with E-state index in [1.165, 1.54) is 16.0 Å². The van der Waals surface area contributed by atoms with Crippen LogP contribution in [-0.4, -0.2) is 17.1 Å². The summed E-state index contributed by atoms with van der Waals surface area (Å²) in [6.07, 6.45) is 0. The Balaban J connectivity index is 0.00000256. The highest BCUT2D eigenvalue weighted by Gasteiger charge is 2.17. The number of benzene rings is 2. The maximum Gasteiger partial charge on any atom is 0.201 e. The minimum atomic E-state index is 0. The van der Waals surface area contributed by atoms with Crippen molar-refractivity contribution in [2.75, 3.05) is 12.4 Å². The van der Waals surface area contributed by atoms with E-state index in [1.54, 1.807) is 29.8 Å². The number of ether oxygens (including phenoxy) is 1. The normalized spacial score (nSPS) is 10.5. The quantitative estimate of drug-likeness (QED) is 0.273. The monoisotopic (exact) mass is 516 g/mol. The third-order valence-corrected chi connectivity index (χ3v) is 6.96. The molecule has 3 nitrogen and oxygen atoms in total. The number of aryl methyl sites for hydroxylation is 1. The number of thiophene rings is 1. The maximum atomic E-state index is 5.27. The molecule has 154 valence electrons. The Labute approximate surface area is 200 Å². The summed E-state index contributed by atoms with van der Waals surface area (Å²) >= 11 is 8.52. The Morgan fingerprint density at radius 3 is 2.20 bits per heavy atom. The highest BCUT2D eigenvalue weighted by atomic mass is 79.9. The lowest BCUT2D eigenvalue weighted by molar-refractivity contribution is 0.417. The summed E-state index contributed by atoms with van der Waals surface area (Å²) in [5.74, 6) is 0. The van der Waals surface area contributed by atoms with Crippen LogP contribution in [0.2, 0.25) is 0 Å². The molecule has 0 saturated carbocycles. The molecule has 0 aliphatic rings. The number of hydrogen-bond acceptors (Lipinski definition) is 6. The lowest BCUT2D eigenvalue weighted by atomic mass is 9.99. The molecule has 0 radical (unpaired) electrons. The van der Waals surface area contributed by atoms with Gasteiger partial charge in [-0.15, -0.1) is 39.7 Å². The number of aromatic nitrogens is 1. The van der Waals surface area contributed by atoms with E-state index >= 15 is 0 Å². The topological polar surface area (TPSA) is 34.1 Å². The van der Waals surface area contributed by atoms with Crippen LogP contribution in [0.5, 0.6) is 0 Å². The average Bonchev–Trinajstić information content (AvgIpc) is 3.39. The van der Waals surface area contributed by atoms with Gasteiger partial charge in [0.2, 0.25) is 5.05 Å². The van der Waals surface area contributed by atoms with Gasteiger partial charge in [-0.1, -0.05) is 60.7 Å². The minimum Gasteiger partial charge on any atom is -0.486 e. The molecule has 0 fully saturated rings. The molecule has 2 aromatic carbocycles. The molecule has 4 aromatic rings. The van der Waals surface area contributed by atoms with Gasteiger partial charge in [-0.3, -0.25) is 0 Å². The first-order valence-corrected chi connectivity index (χ1v) is 11.3. The van der Waals surface area contributed by atoms with Gasteiger partial charge < -0.3 is 10.1 Å². The summed E-state index contributed by atoms with van der Waals surface area (Å²) < 4.78 is 5.21. The van der Waals surface area contributed by atoms with E-state index in [9.17, 15) is 0 Å². The Bertz CT molecular complexity index is 1070. The second kappa shape index (κ2) is 10.3. The van der Waals surface area contributed by atoms with Gasteiger partial charge in [-0.05, 0) is 36.3 Å². The molecule has 0 aliphatic heterocycles. The lowest BCUT2D eigenvalue weighted by Gasteiger charge is -2.19. The molecule has 2 heterocycles. The number of methoxy groups -OCH3 is 1. The molecule has 0 spiro atoms. The Hall–Kier alpha value is -2.06. The van der Waals surface area contributed by atoms with Crippen molar-refractivity contribution < 1.29 is 4.74 Å². The van der Waals surface area contributed by atoms with E-state index < -0.39 is 0 Å². The van der Waals surface area contributed by atoms with E-state index in [2.05, 4.69) is 72.2 Å². The minimum absolute atomic E-state index is 0. The zero-order valence-corrected chi connectivity index (χ0v) is 20.7. The first-order chi connectivity index (χ1) is 14.2. The van der Waals surface area contributed by atoms with Crippen molar-refractivity contribution in [2.45, 2.75) is 13.0 Å². The van der Waals surface area contributed by atoms with Crippen molar-refractivity contribution in [3.63, 3.8) is 0 Å². The first-order valence-electron chi connectivity index (χ1n) is 9.17. The van der Waals surface area contributed by atoms with Crippen molar-refractivity contribution in [2.24, 2.45) is 0 Å². The molecular formula is C23H21BrN2OS3. The van der Waals surface area contributed by atoms with Crippen LogP contribution < -0.4 is 5.32 Å². The maximum absolute atomic E-state index is 5.27. The standard InChI is InChI=1S/C23H20N2OS3.BrH/c1-15-18(13-20(29-15)22(27)26-2)19-14-28-23(24-19)25-21(16-9-5-3-6-10-16)17-11-7-4-8-12-17;/h3-14,21H,1-2H3,(H,24,25);1H. The summed E-state index contributed by atoms with van der Waals surface area (Å²) in [5.41, 5.74) is 4.46. The Morgan fingerprint density at radius 2 is 1.63 bits per heavy atom. The summed E-state index contributed by atoms with van der Waals surface area (Å²) in [6, 6.07) is 23.0. The lowest BCUT2D eigenvalue weighted by Crippen LogP contribution is -2.12. The number of halogens is 1. The number of hydrogen-bond donors (Lipinski definition) is 1. The number of thiazole rings is 1. The molecule has 4 rings (SSSR count). The summed E-state index contributed by atoms with van der Waals surface area (Å²) in [4.78, 5) is 7.00. The van der Waals surface area contributed by atoms with Gasteiger partial charge in [0, 0.05) is 15.8 Å². The van der Waals surface area contributed by atoms with Gasteiger partial charge >= 0.3 is 0 Å². The van der Waals surface area contributed by atoms with Crippen LogP contribution in [0.3, 0.4) is 0 Å². The predicted octanol–water partition coefficient (Wildman–Crippen LogP) is 7.28. The molecule has 0 atom stereocenters. The fraction of sp³-hybridized carbons (Fsp3) is 0.130. The second-order valence-electron chi connectivity index (χ2n) is 6.51. The van der Waals surface area contributed by atoms with E-state index in [-0.39, 0.29) is 23.0 Å². The van der Waals surface area contributed by atoms with Crippen molar-refractivity contribution in [1.29, 1.82) is 0 Å². The SMILES string of the molecule is Br.COC(=S)c1cc(-c2csc(NC(c3ccccc3)c3ccccc3)n2)c(C)s1. The van der Waals surface area contributed by atoms with Gasteiger partial charge in [-0.2, -0.15) is 0 Å². The summed E-state index contributed by atoms with van der Waals surface area (Å²) in [7, 11) is 1.61. The third kappa shape index (κ3) is 4.98. The molecule has 2 aromatic heterocycles. The summed E-state index contributed by atoms with van der Waals surface area (Å²) in [5, 5.41) is 7.12. The highest BCUT2D eigenvalue weighted by molar-refractivity contribution is 8.93.